The van der Waals surface area contributed by atoms with Gasteiger partial charge in [0.1, 0.15) is 11.0 Å². The molecule has 5 aromatic heterocycles. The maximum Gasteiger partial charge on any atom is 0.417 e. The molecule has 6 aromatic carbocycles. The third kappa shape index (κ3) is 14.8. The Kier molecular flexibility index (Phi) is 19.3. The number of fused-ring (bicyclic) bond motifs is 6. The van der Waals surface area contributed by atoms with Crippen molar-refractivity contribution in [2.75, 3.05) is 5.32 Å². The summed E-state index contributed by atoms with van der Waals surface area (Å²) >= 11 is 0. The number of imidazole rings is 1. The van der Waals surface area contributed by atoms with E-state index in [0.717, 1.165) is 55.5 Å². The number of hydrogen-bond acceptors (Lipinski definition) is 7. The molecule has 81 heavy (non-hydrogen) atoms. The van der Waals surface area contributed by atoms with E-state index in [1.165, 1.54) is 71.9 Å². The highest BCUT2D eigenvalue weighted by atomic mass is 16.4. The molecule has 0 saturated carbocycles. The molecule has 0 radical (unpaired) electrons. The molecule has 1 aliphatic rings. The maximum atomic E-state index is 11.2. The van der Waals surface area contributed by atoms with E-state index in [2.05, 4.69) is 228 Å². The van der Waals surface area contributed by atoms with Gasteiger partial charge in [-0.1, -0.05) is 126 Å². The number of aromatic nitrogens is 9. The number of carbonyl (C=O) groups is 1. The summed E-state index contributed by atoms with van der Waals surface area (Å²) in [6.07, 6.45) is 4.42. The van der Waals surface area contributed by atoms with Crippen LogP contribution in [0.25, 0.3) is 55.0 Å². The first kappa shape index (κ1) is 60.4. The van der Waals surface area contributed by atoms with Crippen molar-refractivity contribution in [1.29, 1.82) is 0 Å². The average Bonchev–Trinajstić information content (AvgIpc) is 4.28. The van der Waals surface area contributed by atoms with Crippen molar-refractivity contribution in [3.63, 3.8) is 0 Å². The van der Waals surface area contributed by atoms with Crippen molar-refractivity contribution < 1.29 is 9.21 Å². The summed E-state index contributed by atoms with van der Waals surface area (Å²) < 4.78 is 5.03. The van der Waals surface area contributed by atoms with Gasteiger partial charge in [-0.25, -0.2) is 9.59 Å². The van der Waals surface area contributed by atoms with E-state index < -0.39 is 0 Å². The number of rotatable bonds is 6. The Balaban J connectivity index is 0.000000140. The van der Waals surface area contributed by atoms with E-state index in [4.69, 9.17) is 4.42 Å². The van der Waals surface area contributed by atoms with Gasteiger partial charge in [0, 0.05) is 22.8 Å². The molecule has 0 spiro atoms. The third-order valence-corrected chi connectivity index (χ3v) is 14.9. The Labute approximate surface area is 475 Å². The predicted octanol–water partition coefficient (Wildman–Crippen LogP) is 16.4. The van der Waals surface area contributed by atoms with Gasteiger partial charge in [-0.05, 0) is 191 Å². The Morgan fingerprint density at radius 3 is 1.60 bits per heavy atom. The summed E-state index contributed by atoms with van der Waals surface area (Å²) in [4.78, 5) is 44.8. The first-order valence-electron chi connectivity index (χ1n) is 28.4. The molecule has 14 nitrogen and oxygen atoms in total. The molecular formula is C67H84N10O4. The van der Waals surface area contributed by atoms with Gasteiger partial charge in [-0.3, -0.25) is 14.9 Å². The average molecular weight is 1090 g/mol. The number of H-pyrrole nitrogens is 6. The zero-order valence-corrected chi connectivity index (χ0v) is 50.8. The van der Waals surface area contributed by atoms with E-state index in [1.54, 1.807) is 0 Å². The zero-order valence-electron chi connectivity index (χ0n) is 50.8. The molecule has 1 amide bonds. The molecular weight excluding hydrogens is 1010 g/mol. The summed E-state index contributed by atoms with van der Waals surface area (Å²) in [6.45, 7) is 38.5. The molecule has 0 aliphatic carbocycles. The van der Waals surface area contributed by atoms with Gasteiger partial charge < -0.3 is 24.7 Å². The number of aryl methyl sites for hydroxylation is 6. The Morgan fingerprint density at radius 2 is 0.988 bits per heavy atom. The van der Waals surface area contributed by atoms with Gasteiger partial charge in [-0.2, -0.15) is 20.5 Å². The number of anilines is 1. The third-order valence-electron chi connectivity index (χ3n) is 14.9. The van der Waals surface area contributed by atoms with Crippen LogP contribution in [-0.2, 0) is 11.2 Å². The SMILES string of the molecule is Cc1cc(C(C)C)cc2[nH]c(=O)[nH]c12.Cc1cc(C(C)C)cc2c1NC(=O)C2.Cc1cc(C(C)C)cc2cc[nH]c12.Cc1cc(C(C)C)cc2cn[nH]c12.Cc1cc(C(C)C)cc2n[nH]nc12.Cc1cc(C(C)C)cc2oc(=O)[nH]c12. The topological polar surface area (TPSA) is 210 Å². The second kappa shape index (κ2) is 25.9. The highest BCUT2D eigenvalue weighted by Crippen LogP contribution is 2.31. The fraction of sp³-hybridized carbons (Fsp3) is 0.373. The Bertz CT molecular complexity index is 3780. The predicted molar refractivity (Wildman–Crippen MR) is 336 cm³/mol. The van der Waals surface area contributed by atoms with Crippen LogP contribution in [0.3, 0.4) is 0 Å². The van der Waals surface area contributed by atoms with Gasteiger partial charge in [0.2, 0.25) is 5.91 Å². The number of hydrogen-bond donors (Lipinski definition) is 7. The van der Waals surface area contributed by atoms with Crippen LogP contribution >= 0.6 is 0 Å². The van der Waals surface area contributed by atoms with Gasteiger partial charge in [0.15, 0.2) is 5.58 Å². The summed E-state index contributed by atoms with van der Waals surface area (Å²) in [5.74, 6) is 2.91. The molecule has 0 saturated heterocycles. The molecule has 14 heteroatoms. The van der Waals surface area contributed by atoms with Crippen LogP contribution in [0.2, 0.25) is 0 Å². The van der Waals surface area contributed by atoms with Crippen LogP contribution in [0.5, 0.6) is 0 Å². The minimum absolute atomic E-state index is 0.115. The van der Waals surface area contributed by atoms with Crippen LogP contribution in [-0.4, -0.2) is 51.5 Å². The quantitative estimate of drug-likeness (QED) is 0.0856. The highest BCUT2D eigenvalue weighted by Gasteiger charge is 2.20. The van der Waals surface area contributed by atoms with Crippen LogP contribution in [0.4, 0.5) is 5.69 Å². The smallest absolute Gasteiger partial charge is 0.408 e. The molecule has 0 bridgehead atoms. The van der Waals surface area contributed by atoms with Crippen molar-refractivity contribution in [3.05, 3.63) is 185 Å². The highest BCUT2D eigenvalue weighted by molar-refractivity contribution is 6.00. The van der Waals surface area contributed by atoms with Crippen molar-refractivity contribution in [2.24, 2.45) is 0 Å². The molecule has 0 unspecified atom stereocenters. The lowest BCUT2D eigenvalue weighted by atomic mass is 9.97. The number of nitrogens with one attached hydrogen (secondary N) is 7. The summed E-state index contributed by atoms with van der Waals surface area (Å²) in [6, 6.07) is 27.8. The fourth-order valence-electron chi connectivity index (χ4n) is 9.96. The van der Waals surface area contributed by atoms with Crippen LogP contribution < -0.4 is 16.8 Å². The van der Waals surface area contributed by atoms with Gasteiger partial charge in [0.05, 0.1) is 34.7 Å². The lowest BCUT2D eigenvalue weighted by Gasteiger charge is -2.10. The van der Waals surface area contributed by atoms with E-state index in [-0.39, 0.29) is 17.4 Å². The van der Waals surface area contributed by atoms with Gasteiger partial charge in [0.25, 0.3) is 0 Å². The molecule has 12 rings (SSSR count). The molecule has 6 heterocycles. The first-order valence-corrected chi connectivity index (χ1v) is 28.4. The second-order valence-electron chi connectivity index (χ2n) is 23.6. The summed E-state index contributed by atoms with van der Waals surface area (Å²) in [7, 11) is 0. The minimum atomic E-state index is -0.385. The molecule has 7 N–H and O–H groups in total. The van der Waals surface area contributed by atoms with Crippen molar-refractivity contribution >= 4 is 66.6 Å². The van der Waals surface area contributed by atoms with Crippen molar-refractivity contribution in [1.82, 2.24) is 45.5 Å². The van der Waals surface area contributed by atoms with Crippen molar-refractivity contribution in [3.8, 4) is 0 Å². The number of nitrogens with zero attached hydrogens (tertiary/aromatic N) is 3. The second-order valence-corrected chi connectivity index (χ2v) is 23.6. The van der Waals surface area contributed by atoms with Crippen LogP contribution in [0, 0.1) is 41.5 Å². The van der Waals surface area contributed by atoms with E-state index >= 15 is 0 Å². The first-order chi connectivity index (χ1) is 38.3. The Morgan fingerprint density at radius 1 is 0.481 bits per heavy atom. The number of amides is 1. The maximum absolute atomic E-state index is 11.2. The monoisotopic (exact) mass is 1090 g/mol. The van der Waals surface area contributed by atoms with E-state index in [1.807, 2.05) is 38.4 Å². The normalized spacial score (nSPS) is 11.9. The lowest BCUT2D eigenvalue weighted by Crippen LogP contribution is -2.04. The Hall–Kier alpha value is -8.26. The molecule has 1 aliphatic heterocycles. The zero-order chi connectivity index (χ0) is 59.1. The number of benzene rings is 6. The van der Waals surface area contributed by atoms with E-state index in [9.17, 15) is 14.4 Å². The van der Waals surface area contributed by atoms with Crippen LogP contribution in [0.15, 0.2) is 105 Å². The molecule has 0 atom stereocenters. The van der Waals surface area contributed by atoms with Gasteiger partial charge >= 0.3 is 11.4 Å². The van der Waals surface area contributed by atoms with E-state index in [0.29, 0.717) is 47.5 Å². The molecule has 0 fully saturated rings. The summed E-state index contributed by atoms with van der Waals surface area (Å²) in [5, 5.41) is 23.3. The van der Waals surface area contributed by atoms with Gasteiger partial charge in [-0.15, -0.1) is 0 Å². The number of carbonyl (C=O) groups excluding carboxylic acids is 1. The van der Waals surface area contributed by atoms with Crippen molar-refractivity contribution in [2.45, 2.75) is 167 Å². The molecule has 426 valence electrons. The standard InChI is InChI=1S/C12H15NO.C12H15N.C11H14N2O.C11H14N2.C11H13NO2.C10H13N3/c1-7(2)9-4-8(3)12-10(5-9)6-11(14)13-12;1-8(2)11-6-9(3)12-10(7-11)4-5-13-12;1-6(2)8-4-7(3)10-9(5-8)12-11(14)13-10;1-7(2)9-4-8(3)11-10(5-9)6-12-13-11;1-6(2)8-4-7(3)10-9(5-8)14-11(13)12-10;1-6(2)8-4-7(3)10-9(5-8)11-13-12-10/h4-5,7H,6H2,1-3H3,(H,13,14);4-8,13H,1-3H3;4-6H,1-3H3,(H2,12,13,14);4-7H,1-3H3,(H,12,13);4-6H,1-3H3,(H,12,13);4-6H,1-3H3,(H,11,12,13). The number of oxazole rings is 1. The number of aromatic amines is 6. The molecule has 11 aromatic rings. The van der Waals surface area contributed by atoms with Crippen LogP contribution in [0.1, 0.15) is 191 Å². The largest absolute Gasteiger partial charge is 0.417 e. The summed E-state index contributed by atoms with van der Waals surface area (Å²) in [5.41, 5.74) is 24.7. The minimum Gasteiger partial charge on any atom is -0.408 e. The lowest BCUT2D eigenvalue weighted by molar-refractivity contribution is -0.115. The fourth-order valence-corrected chi connectivity index (χ4v) is 9.96.